The van der Waals surface area contributed by atoms with Crippen LogP contribution >= 0.6 is 0 Å². The van der Waals surface area contributed by atoms with E-state index in [4.69, 9.17) is 4.74 Å². The highest BCUT2D eigenvalue weighted by atomic mass is 16.5. The zero-order valence-corrected chi connectivity index (χ0v) is 16.1. The highest BCUT2D eigenvalue weighted by molar-refractivity contribution is 6.00. The van der Waals surface area contributed by atoms with Crippen LogP contribution < -0.4 is 15.0 Å². The number of carbonyl (C=O) groups excluding carboxylic acids is 2. The number of nitrogens with one attached hydrogen (secondary N) is 1. The van der Waals surface area contributed by atoms with Crippen molar-refractivity contribution in [2.24, 2.45) is 5.92 Å². The van der Waals surface area contributed by atoms with Crippen LogP contribution in [0.2, 0.25) is 0 Å². The number of anilines is 1. The van der Waals surface area contributed by atoms with Gasteiger partial charge in [0.05, 0.1) is 13.0 Å². The van der Waals surface area contributed by atoms with Crippen molar-refractivity contribution in [2.45, 2.75) is 32.1 Å². The molecule has 6 heteroatoms. The van der Waals surface area contributed by atoms with Gasteiger partial charge in [-0.05, 0) is 48.6 Å². The van der Waals surface area contributed by atoms with E-state index >= 15 is 0 Å². The SMILES string of the molecule is COc1cccc(CCNC(=O)[C@@H]2CC(=O)N(c3ccc4c(c3)CCC4)C2)n1. The highest BCUT2D eigenvalue weighted by Gasteiger charge is 2.35. The number of hydrogen-bond donors (Lipinski definition) is 1. The Balaban J connectivity index is 1.32. The van der Waals surface area contributed by atoms with Gasteiger partial charge in [0.1, 0.15) is 0 Å². The Morgan fingerprint density at radius 3 is 2.96 bits per heavy atom. The molecular formula is C22H25N3O3. The van der Waals surface area contributed by atoms with Gasteiger partial charge in [-0.1, -0.05) is 12.1 Å². The van der Waals surface area contributed by atoms with Gasteiger partial charge in [-0.3, -0.25) is 9.59 Å². The first kappa shape index (κ1) is 18.5. The molecule has 1 aliphatic carbocycles. The summed E-state index contributed by atoms with van der Waals surface area (Å²) < 4.78 is 5.12. The van der Waals surface area contributed by atoms with Crippen molar-refractivity contribution < 1.29 is 14.3 Å². The normalized spacial score (nSPS) is 18.2. The summed E-state index contributed by atoms with van der Waals surface area (Å²) in [6, 6.07) is 11.8. The molecule has 146 valence electrons. The Kier molecular flexibility index (Phi) is 5.28. The first-order chi connectivity index (χ1) is 13.6. The first-order valence-corrected chi connectivity index (χ1v) is 9.84. The molecule has 0 bridgehead atoms. The van der Waals surface area contributed by atoms with Crippen LogP contribution in [0.3, 0.4) is 0 Å². The molecule has 0 spiro atoms. The summed E-state index contributed by atoms with van der Waals surface area (Å²) in [5.74, 6) is 0.210. The van der Waals surface area contributed by atoms with E-state index in [0.29, 0.717) is 25.4 Å². The number of ether oxygens (including phenoxy) is 1. The Labute approximate surface area is 164 Å². The average molecular weight is 379 g/mol. The third-order valence-electron chi connectivity index (χ3n) is 5.56. The number of pyridine rings is 1. The van der Waals surface area contributed by atoms with E-state index in [1.165, 1.54) is 17.5 Å². The predicted molar refractivity (Wildman–Crippen MR) is 106 cm³/mol. The Morgan fingerprint density at radius 2 is 2.11 bits per heavy atom. The van der Waals surface area contributed by atoms with Gasteiger partial charge in [-0.15, -0.1) is 0 Å². The van der Waals surface area contributed by atoms with Gasteiger partial charge in [0.15, 0.2) is 0 Å². The van der Waals surface area contributed by atoms with Crippen LogP contribution in [0.5, 0.6) is 5.88 Å². The van der Waals surface area contributed by atoms with E-state index in [0.717, 1.165) is 24.2 Å². The van der Waals surface area contributed by atoms with Crippen LogP contribution in [-0.4, -0.2) is 37.0 Å². The molecule has 1 aromatic heterocycles. The topological polar surface area (TPSA) is 71.5 Å². The number of fused-ring (bicyclic) bond motifs is 1. The highest BCUT2D eigenvalue weighted by Crippen LogP contribution is 2.30. The van der Waals surface area contributed by atoms with Crippen LogP contribution in [0.4, 0.5) is 5.69 Å². The molecule has 2 aromatic rings. The third kappa shape index (κ3) is 3.86. The molecule has 2 aliphatic rings. The molecule has 0 unspecified atom stereocenters. The van der Waals surface area contributed by atoms with Crippen molar-refractivity contribution in [2.75, 3.05) is 25.1 Å². The quantitative estimate of drug-likeness (QED) is 0.836. The molecule has 1 fully saturated rings. The molecule has 1 aromatic carbocycles. The maximum Gasteiger partial charge on any atom is 0.227 e. The van der Waals surface area contributed by atoms with Crippen molar-refractivity contribution in [1.82, 2.24) is 10.3 Å². The lowest BCUT2D eigenvalue weighted by molar-refractivity contribution is -0.126. The van der Waals surface area contributed by atoms with E-state index < -0.39 is 0 Å². The second-order valence-electron chi connectivity index (χ2n) is 7.42. The molecule has 0 saturated carbocycles. The molecule has 0 radical (unpaired) electrons. The minimum Gasteiger partial charge on any atom is -0.481 e. The minimum absolute atomic E-state index is 0.0209. The van der Waals surface area contributed by atoms with E-state index in [-0.39, 0.29) is 24.2 Å². The summed E-state index contributed by atoms with van der Waals surface area (Å²) in [5.41, 5.74) is 4.50. The summed E-state index contributed by atoms with van der Waals surface area (Å²) >= 11 is 0. The van der Waals surface area contributed by atoms with E-state index in [2.05, 4.69) is 22.4 Å². The molecule has 1 saturated heterocycles. The summed E-state index contributed by atoms with van der Waals surface area (Å²) in [6.07, 6.45) is 4.27. The lowest BCUT2D eigenvalue weighted by Crippen LogP contribution is -2.34. The molecule has 6 nitrogen and oxygen atoms in total. The van der Waals surface area contributed by atoms with Crippen molar-refractivity contribution in [3.8, 4) is 5.88 Å². The lowest BCUT2D eigenvalue weighted by Gasteiger charge is -2.18. The van der Waals surface area contributed by atoms with Gasteiger partial charge >= 0.3 is 0 Å². The number of carbonyl (C=O) groups is 2. The van der Waals surface area contributed by atoms with Crippen LogP contribution in [0.25, 0.3) is 0 Å². The molecule has 1 atom stereocenters. The number of nitrogens with zero attached hydrogens (tertiary/aromatic N) is 2. The predicted octanol–water partition coefficient (Wildman–Crippen LogP) is 2.29. The van der Waals surface area contributed by atoms with E-state index in [1.54, 1.807) is 18.1 Å². The van der Waals surface area contributed by atoms with E-state index in [9.17, 15) is 9.59 Å². The first-order valence-electron chi connectivity index (χ1n) is 9.84. The van der Waals surface area contributed by atoms with Crippen molar-refractivity contribution in [3.05, 3.63) is 53.2 Å². The molecular weight excluding hydrogens is 354 g/mol. The molecule has 2 amide bonds. The number of amides is 2. The molecule has 1 aliphatic heterocycles. The van der Waals surface area contributed by atoms with Crippen LogP contribution in [0, 0.1) is 5.92 Å². The summed E-state index contributed by atoms with van der Waals surface area (Å²) in [7, 11) is 1.58. The van der Waals surface area contributed by atoms with Crippen molar-refractivity contribution in [1.29, 1.82) is 0 Å². The zero-order valence-electron chi connectivity index (χ0n) is 16.1. The summed E-state index contributed by atoms with van der Waals surface area (Å²) in [4.78, 5) is 31.1. The number of benzene rings is 1. The molecule has 28 heavy (non-hydrogen) atoms. The lowest BCUT2D eigenvalue weighted by atomic mass is 10.1. The minimum atomic E-state index is -0.306. The standard InChI is InChI=1S/C22H25N3O3/c1-28-20-7-3-6-18(24-20)10-11-23-22(27)17-13-21(26)25(14-17)19-9-8-15-4-2-5-16(15)12-19/h3,6-9,12,17H,2,4-5,10-11,13-14H2,1H3,(H,23,27)/t17-/m1/s1. The van der Waals surface area contributed by atoms with Crippen LogP contribution in [0.15, 0.2) is 36.4 Å². The van der Waals surface area contributed by atoms with Crippen LogP contribution in [0.1, 0.15) is 29.7 Å². The Hall–Kier alpha value is -2.89. The maximum absolute atomic E-state index is 12.5. The molecule has 4 rings (SSSR count). The number of aromatic nitrogens is 1. The van der Waals surface area contributed by atoms with Gasteiger partial charge < -0.3 is 15.0 Å². The van der Waals surface area contributed by atoms with Crippen molar-refractivity contribution in [3.63, 3.8) is 0 Å². The largest absolute Gasteiger partial charge is 0.481 e. The number of hydrogen-bond acceptors (Lipinski definition) is 4. The van der Waals surface area contributed by atoms with Gasteiger partial charge in [0.2, 0.25) is 17.7 Å². The molecule has 1 N–H and O–H groups in total. The number of methoxy groups -OCH3 is 1. The Bertz CT molecular complexity index is 896. The number of rotatable bonds is 6. The van der Waals surface area contributed by atoms with Crippen molar-refractivity contribution >= 4 is 17.5 Å². The average Bonchev–Trinajstić information content (AvgIpc) is 3.33. The third-order valence-corrected chi connectivity index (χ3v) is 5.56. The monoisotopic (exact) mass is 379 g/mol. The fraction of sp³-hybridized carbons (Fsp3) is 0.409. The van der Waals surface area contributed by atoms with E-state index in [1.807, 2.05) is 18.2 Å². The van der Waals surface area contributed by atoms with Gasteiger partial charge in [0, 0.05) is 43.4 Å². The fourth-order valence-corrected chi connectivity index (χ4v) is 4.03. The zero-order chi connectivity index (χ0) is 19.5. The summed E-state index contributed by atoms with van der Waals surface area (Å²) in [6.45, 7) is 0.934. The second kappa shape index (κ2) is 8.00. The van der Waals surface area contributed by atoms with Gasteiger partial charge in [-0.2, -0.15) is 0 Å². The summed E-state index contributed by atoms with van der Waals surface area (Å²) in [5, 5.41) is 2.95. The molecule has 2 heterocycles. The van der Waals surface area contributed by atoms with Gasteiger partial charge in [0.25, 0.3) is 0 Å². The second-order valence-corrected chi connectivity index (χ2v) is 7.42. The van der Waals surface area contributed by atoms with Crippen LogP contribution in [-0.2, 0) is 28.9 Å². The maximum atomic E-state index is 12.5. The van der Waals surface area contributed by atoms with Gasteiger partial charge in [-0.25, -0.2) is 4.98 Å². The number of aryl methyl sites for hydroxylation is 2. The Morgan fingerprint density at radius 1 is 1.25 bits per heavy atom. The fourth-order valence-electron chi connectivity index (χ4n) is 4.03. The smallest absolute Gasteiger partial charge is 0.227 e.